The number of nitrogens with one attached hydrogen (secondary N) is 2. The fraction of sp³-hybridized carbons (Fsp3) is 0.667. The molecule has 0 aliphatic carbocycles. The van der Waals surface area contributed by atoms with Gasteiger partial charge in [-0.3, -0.25) is 0 Å². The van der Waals surface area contributed by atoms with Crippen LogP contribution in [-0.2, 0) is 6.54 Å². The van der Waals surface area contributed by atoms with Crippen molar-refractivity contribution in [2.24, 2.45) is 5.92 Å². The third-order valence-electron chi connectivity index (χ3n) is 2.31. The van der Waals surface area contributed by atoms with Crippen molar-refractivity contribution in [1.29, 1.82) is 0 Å². The SMILES string of the molecule is CC(C)CNCC(C)NCc1sccc1Br. The maximum Gasteiger partial charge on any atom is 0.0327 e. The van der Waals surface area contributed by atoms with E-state index in [0.29, 0.717) is 6.04 Å². The minimum absolute atomic E-state index is 0.507. The largest absolute Gasteiger partial charge is 0.315 e. The van der Waals surface area contributed by atoms with Crippen molar-refractivity contribution in [2.75, 3.05) is 13.1 Å². The first-order chi connectivity index (χ1) is 7.59. The van der Waals surface area contributed by atoms with Gasteiger partial charge in [-0.15, -0.1) is 11.3 Å². The van der Waals surface area contributed by atoms with Gasteiger partial charge < -0.3 is 10.6 Å². The molecular weight excluding hydrogens is 284 g/mol. The van der Waals surface area contributed by atoms with Gasteiger partial charge in [0, 0.05) is 28.5 Å². The Balaban J connectivity index is 2.15. The highest BCUT2D eigenvalue weighted by Crippen LogP contribution is 2.22. The van der Waals surface area contributed by atoms with Crippen molar-refractivity contribution >= 4 is 27.3 Å². The first kappa shape index (κ1) is 14.2. The van der Waals surface area contributed by atoms with E-state index in [9.17, 15) is 0 Å². The van der Waals surface area contributed by atoms with Crippen LogP contribution in [0.25, 0.3) is 0 Å². The molecule has 0 saturated heterocycles. The van der Waals surface area contributed by atoms with Crippen LogP contribution in [0.2, 0.25) is 0 Å². The zero-order valence-corrected chi connectivity index (χ0v) is 12.6. The van der Waals surface area contributed by atoms with Crippen LogP contribution in [0.15, 0.2) is 15.9 Å². The fourth-order valence-corrected chi connectivity index (χ4v) is 2.82. The van der Waals surface area contributed by atoms with Gasteiger partial charge in [0.15, 0.2) is 0 Å². The summed E-state index contributed by atoms with van der Waals surface area (Å²) in [5, 5.41) is 9.09. The molecule has 1 rings (SSSR count). The zero-order chi connectivity index (χ0) is 12.0. The van der Waals surface area contributed by atoms with Crippen LogP contribution in [-0.4, -0.2) is 19.1 Å². The number of hydrogen-bond acceptors (Lipinski definition) is 3. The molecule has 2 nitrogen and oxygen atoms in total. The van der Waals surface area contributed by atoms with Crippen LogP contribution in [0, 0.1) is 5.92 Å². The van der Waals surface area contributed by atoms with Gasteiger partial charge in [-0.05, 0) is 46.8 Å². The van der Waals surface area contributed by atoms with Gasteiger partial charge in [0.25, 0.3) is 0 Å². The fourth-order valence-electron chi connectivity index (χ4n) is 1.38. The molecule has 92 valence electrons. The topological polar surface area (TPSA) is 24.1 Å². The molecular formula is C12H21BrN2S. The quantitative estimate of drug-likeness (QED) is 0.808. The molecule has 2 N–H and O–H groups in total. The minimum atomic E-state index is 0.507. The smallest absolute Gasteiger partial charge is 0.0327 e. The van der Waals surface area contributed by atoms with Gasteiger partial charge in [0.2, 0.25) is 0 Å². The highest BCUT2D eigenvalue weighted by Gasteiger charge is 2.04. The lowest BCUT2D eigenvalue weighted by Crippen LogP contribution is -2.37. The van der Waals surface area contributed by atoms with Crippen molar-refractivity contribution in [2.45, 2.75) is 33.4 Å². The van der Waals surface area contributed by atoms with Crippen LogP contribution in [0.1, 0.15) is 25.6 Å². The number of halogens is 1. The van der Waals surface area contributed by atoms with Gasteiger partial charge in [-0.1, -0.05) is 13.8 Å². The van der Waals surface area contributed by atoms with E-state index < -0.39 is 0 Å². The van der Waals surface area contributed by atoms with Gasteiger partial charge >= 0.3 is 0 Å². The Labute approximate surface area is 111 Å². The molecule has 0 aliphatic rings. The van der Waals surface area contributed by atoms with E-state index in [0.717, 1.165) is 25.6 Å². The van der Waals surface area contributed by atoms with Gasteiger partial charge in [-0.25, -0.2) is 0 Å². The molecule has 1 aromatic heterocycles. The van der Waals surface area contributed by atoms with Gasteiger partial charge in [0.05, 0.1) is 0 Å². The summed E-state index contributed by atoms with van der Waals surface area (Å²) in [6, 6.07) is 2.61. The lowest BCUT2D eigenvalue weighted by molar-refractivity contribution is 0.473. The van der Waals surface area contributed by atoms with Crippen LogP contribution < -0.4 is 10.6 Å². The standard InChI is InChI=1S/C12H21BrN2S/c1-9(2)6-14-7-10(3)15-8-12-11(13)4-5-16-12/h4-5,9-10,14-15H,6-8H2,1-3H3. The number of hydrogen-bond donors (Lipinski definition) is 2. The average Bonchev–Trinajstić information content (AvgIpc) is 2.60. The third-order valence-corrected chi connectivity index (χ3v) is 4.23. The molecule has 1 atom stereocenters. The zero-order valence-electron chi connectivity index (χ0n) is 10.2. The third kappa shape index (κ3) is 5.43. The number of rotatable bonds is 7. The van der Waals surface area contributed by atoms with E-state index in [4.69, 9.17) is 0 Å². The molecule has 1 unspecified atom stereocenters. The molecule has 0 aliphatic heterocycles. The molecule has 0 bridgehead atoms. The lowest BCUT2D eigenvalue weighted by atomic mass is 10.2. The molecule has 1 aromatic rings. The van der Waals surface area contributed by atoms with E-state index in [1.807, 2.05) is 0 Å². The Kier molecular flexibility index (Phi) is 6.58. The predicted molar refractivity (Wildman–Crippen MR) is 76.0 cm³/mol. The summed E-state index contributed by atoms with van der Waals surface area (Å²) in [7, 11) is 0. The Morgan fingerprint density at radius 3 is 2.62 bits per heavy atom. The predicted octanol–water partition coefficient (Wildman–Crippen LogP) is 3.23. The summed E-state index contributed by atoms with van der Waals surface area (Å²) >= 11 is 5.33. The van der Waals surface area contributed by atoms with E-state index in [-0.39, 0.29) is 0 Å². The lowest BCUT2D eigenvalue weighted by Gasteiger charge is -2.15. The van der Waals surface area contributed by atoms with Crippen molar-refractivity contribution in [1.82, 2.24) is 10.6 Å². The maximum atomic E-state index is 3.54. The van der Waals surface area contributed by atoms with Crippen molar-refractivity contribution in [3.63, 3.8) is 0 Å². The number of thiophene rings is 1. The van der Waals surface area contributed by atoms with Crippen molar-refractivity contribution < 1.29 is 0 Å². The second kappa shape index (κ2) is 7.43. The summed E-state index contributed by atoms with van der Waals surface area (Å²) in [6.45, 7) is 9.75. The van der Waals surface area contributed by atoms with Crippen LogP contribution in [0.4, 0.5) is 0 Å². The molecule has 0 radical (unpaired) electrons. The monoisotopic (exact) mass is 304 g/mol. The Bertz CT molecular complexity index is 299. The summed E-state index contributed by atoms with van der Waals surface area (Å²) in [4.78, 5) is 1.37. The Morgan fingerprint density at radius 2 is 2.06 bits per heavy atom. The summed E-state index contributed by atoms with van der Waals surface area (Å²) < 4.78 is 1.22. The second-order valence-corrected chi connectivity index (χ2v) is 6.38. The van der Waals surface area contributed by atoms with Crippen LogP contribution >= 0.6 is 27.3 Å². The van der Waals surface area contributed by atoms with Crippen molar-refractivity contribution in [3.05, 3.63) is 20.8 Å². The molecule has 0 fully saturated rings. The van der Waals surface area contributed by atoms with E-state index in [2.05, 4.69) is 58.8 Å². The molecule has 4 heteroatoms. The normalized spacial score (nSPS) is 13.3. The molecule has 0 saturated carbocycles. The summed E-state index contributed by atoms with van der Waals surface area (Å²) in [6.07, 6.45) is 0. The minimum Gasteiger partial charge on any atom is -0.315 e. The Morgan fingerprint density at radius 1 is 1.31 bits per heavy atom. The van der Waals surface area contributed by atoms with E-state index in [1.54, 1.807) is 11.3 Å². The molecule has 0 amide bonds. The van der Waals surface area contributed by atoms with Crippen LogP contribution in [0.3, 0.4) is 0 Å². The first-order valence-electron chi connectivity index (χ1n) is 5.75. The highest BCUT2D eigenvalue weighted by atomic mass is 79.9. The molecule has 0 spiro atoms. The Hall–Kier alpha value is 0.100. The summed E-state index contributed by atoms with van der Waals surface area (Å²) in [5.41, 5.74) is 0. The van der Waals surface area contributed by atoms with Crippen LogP contribution in [0.5, 0.6) is 0 Å². The molecule has 0 aromatic carbocycles. The second-order valence-electron chi connectivity index (χ2n) is 4.53. The van der Waals surface area contributed by atoms with E-state index in [1.165, 1.54) is 9.35 Å². The average molecular weight is 305 g/mol. The maximum absolute atomic E-state index is 3.54. The highest BCUT2D eigenvalue weighted by molar-refractivity contribution is 9.10. The molecule has 1 heterocycles. The first-order valence-corrected chi connectivity index (χ1v) is 7.42. The van der Waals surface area contributed by atoms with E-state index >= 15 is 0 Å². The summed E-state index contributed by atoms with van der Waals surface area (Å²) in [5.74, 6) is 0.721. The molecule has 16 heavy (non-hydrogen) atoms. The van der Waals surface area contributed by atoms with Gasteiger partial charge in [0.1, 0.15) is 0 Å². The van der Waals surface area contributed by atoms with Crippen molar-refractivity contribution in [3.8, 4) is 0 Å². The van der Waals surface area contributed by atoms with Gasteiger partial charge in [-0.2, -0.15) is 0 Å².